The molecule has 1 aromatic carbocycles. The van der Waals surface area contributed by atoms with Crippen LogP contribution in [0.5, 0.6) is 0 Å². The number of hydrogen-bond donors (Lipinski definition) is 3. The number of rotatable bonds is 14. The minimum absolute atomic E-state index is 0.109. The van der Waals surface area contributed by atoms with Crippen LogP contribution in [0.15, 0.2) is 24.3 Å². The monoisotopic (exact) mass is 560 g/mol. The number of likely N-dealkylation sites (N-methyl/N-ethyl adjacent to an activating group) is 1. The summed E-state index contributed by atoms with van der Waals surface area (Å²) in [5.41, 5.74) is 2.58. The van der Waals surface area contributed by atoms with E-state index >= 15 is 0 Å². The van der Waals surface area contributed by atoms with Crippen molar-refractivity contribution < 1.29 is 19.8 Å². The first-order chi connectivity index (χ1) is 18.9. The molecule has 1 saturated carbocycles. The molecule has 2 unspecified atom stereocenters. The zero-order valence-electron chi connectivity index (χ0n) is 26.1. The summed E-state index contributed by atoms with van der Waals surface area (Å²) in [7, 11) is 4.22. The van der Waals surface area contributed by atoms with Crippen LogP contribution in [-0.4, -0.2) is 96.1 Å². The van der Waals surface area contributed by atoms with E-state index in [2.05, 4.69) is 88.1 Å². The van der Waals surface area contributed by atoms with E-state index in [1.807, 2.05) is 0 Å². The summed E-state index contributed by atoms with van der Waals surface area (Å²) >= 11 is 0. The van der Waals surface area contributed by atoms with E-state index in [1.165, 1.54) is 5.56 Å². The Balaban J connectivity index is 1.72. The van der Waals surface area contributed by atoms with E-state index in [0.29, 0.717) is 23.8 Å². The third kappa shape index (κ3) is 9.50. The Morgan fingerprint density at radius 2 is 1.88 bits per heavy atom. The number of carbonyl (C=O) groups is 1. The van der Waals surface area contributed by atoms with Gasteiger partial charge in [-0.25, -0.2) is 0 Å². The standard InChI is InChI=1S/C32H56N4O4/c1-23(2)12-14-35(16-15-34(6)7)19-25-9-8-10-26(17-25)20-36-30(27(21-37)29(22-38)40-36)31(39)33-28-11-13-32(4,5)18-24(28)3/h8-10,17,23-24,27-30,37-38H,11-16,18-22H2,1-7H3,(H,33,39)/t24?,27-,28+,29?,30+/m1/s1. The van der Waals surface area contributed by atoms with Crippen LogP contribution in [-0.2, 0) is 22.7 Å². The fourth-order valence-electron chi connectivity index (χ4n) is 6.33. The lowest BCUT2D eigenvalue weighted by Gasteiger charge is -2.40. The summed E-state index contributed by atoms with van der Waals surface area (Å²) in [5, 5.41) is 25.2. The molecular weight excluding hydrogens is 504 g/mol. The number of aliphatic hydroxyl groups is 2. The molecule has 1 amide bonds. The third-order valence-corrected chi connectivity index (χ3v) is 8.77. The van der Waals surface area contributed by atoms with Crippen LogP contribution in [0.25, 0.3) is 0 Å². The summed E-state index contributed by atoms with van der Waals surface area (Å²) in [5.74, 6) is 0.436. The van der Waals surface area contributed by atoms with Crippen LogP contribution >= 0.6 is 0 Å². The second-order valence-electron chi connectivity index (χ2n) is 13.8. The topological polar surface area (TPSA) is 88.5 Å². The highest BCUT2D eigenvalue weighted by Gasteiger charge is 2.47. The number of carbonyl (C=O) groups excluding carboxylic acids is 1. The second-order valence-corrected chi connectivity index (χ2v) is 13.8. The number of hydroxylamine groups is 2. The molecule has 1 heterocycles. The Hall–Kier alpha value is -1.55. The maximum Gasteiger partial charge on any atom is 0.240 e. The summed E-state index contributed by atoms with van der Waals surface area (Å²) in [6.07, 6.45) is 3.65. The molecule has 3 N–H and O–H groups in total. The lowest BCUT2D eigenvalue weighted by molar-refractivity contribution is -0.182. The summed E-state index contributed by atoms with van der Waals surface area (Å²) in [6, 6.07) is 7.94. The fraction of sp³-hybridized carbons (Fsp3) is 0.781. The normalized spacial score (nSPS) is 27.1. The smallest absolute Gasteiger partial charge is 0.240 e. The van der Waals surface area contributed by atoms with Crippen LogP contribution in [0, 0.1) is 23.2 Å². The Morgan fingerprint density at radius 3 is 2.50 bits per heavy atom. The Kier molecular flexibility index (Phi) is 12.4. The highest BCUT2D eigenvalue weighted by atomic mass is 16.7. The van der Waals surface area contributed by atoms with Crippen molar-refractivity contribution in [2.75, 3.05) is 46.9 Å². The van der Waals surface area contributed by atoms with Crippen LogP contribution in [0.4, 0.5) is 0 Å². The summed E-state index contributed by atoms with van der Waals surface area (Å²) < 4.78 is 0. The molecule has 1 saturated heterocycles. The predicted octanol–water partition coefficient (Wildman–Crippen LogP) is 3.51. The highest BCUT2D eigenvalue weighted by molar-refractivity contribution is 5.82. The lowest BCUT2D eigenvalue weighted by atomic mass is 9.70. The Morgan fingerprint density at radius 1 is 1.15 bits per heavy atom. The SMILES string of the molecule is CC(C)CCN(CCN(C)C)Cc1cccc(CN2OC(CO)[C@@H](CO)[C@H]2C(=O)N[C@H]2CCC(C)(C)CC2C)c1. The molecule has 0 bridgehead atoms. The molecule has 1 aliphatic carbocycles. The van der Waals surface area contributed by atoms with Gasteiger partial charge in [0.1, 0.15) is 12.1 Å². The van der Waals surface area contributed by atoms with E-state index in [0.717, 1.165) is 57.4 Å². The molecule has 3 rings (SSSR count). The molecule has 40 heavy (non-hydrogen) atoms. The van der Waals surface area contributed by atoms with Crippen LogP contribution in [0.3, 0.4) is 0 Å². The van der Waals surface area contributed by atoms with Gasteiger partial charge in [0, 0.05) is 31.6 Å². The molecule has 2 aliphatic rings. The molecule has 0 aromatic heterocycles. The van der Waals surface area contributed by atoms with Crippen molar-refractivity contribution in [3.63, 3.8) is 0 Å². The Bertz CT molecular complexity index is 912. The van der Waals surface area contributed by atoms with Gasteiger partial charge in [0.25, 0.3) is 0 Å². The van der Waals surface area contributed by atoms with Gasteiger partial charge in [-0.3, -0.25) is 14.5 Å². The van der Waals surface area contributed by atoms with Crippen LogP contribution in [0.2, 0.25) is 0 Å². The van der Waals surface area contributed by atoms with E-state index in [9.17, 15) is 15.0 Å². The Labute approximate surface area is 243 Å². The van der Waals surface area contributed by atoms with Crippen molar-refractivity contribution in [1.29, 1.82) is 0 Å². The van der Waals surface area contributed by atoms with Crippen molar-refractivity contribution in [3.05, 3.63) is 35.4 Å². The number of aliphatic hydroxyl groups excluding tert-OH is 2. The third-order valence-electron chi connectivity index (χ3n) is 8.77. The van der Waals surface area contributed by atoms with Crippen LogP contribution < -0.4 is 5.32 Å². The molecule has 228 valence electrons. The minimum Gasteiger partial charge on any atom is -0.396 e. The first-order valence-electron chi connectivity index (χ1n) is 15.3. The van der Waals surface area contributed by atoms with E-state index in [1.54, 1.807) is 5.06 Å². The number of amides is 1. The van der Waals surface area contributed by atoms with Crippen molar-refractivity contribution >= 4 is 5.91 Å². The highest BCUT2D eigenvalue weighted by Crippen LogP contribution is 2.39. The molecule has 0 spiro atoms. The first kappa shape index (κ1) is 33.0. The predicted molar refractivity (Wildman–Crippen MR) is 160 cm³/mol. The number of nitrogens with one attached hydrogen (secondary N) is 1. The molecule has 8 nitrogen and oxygen atoms in total. The quantitative estimate of drug-likeness (QED) is 0.321. The molecule has 5 atom stereocenters. The van der Waals surface area contributed by atoms with Gasteiger partial charge in [-0.2, -0.15) is 5.06 Å². The van der Waals surface area contributed by atoms with Gasteiger partial charge < -0.3 is 20.4 Å². The lowest BCUT2D eigenvalue weighted by Crippen LogP contribution is -2.53. The molecule has 0 radical (unpaired) electrons. The number of hydrogen-bond acceptors (Lipinski definition) is 7. The van der Waals surface area contributed by atoms with Crippen molar-refractivity contribution in [2.45, 2.75) is 91.6 Å². The number of nitrogens with zero attached hydrogens (tertiary/aromatic N) is 3. The van der Waals surface area contributed by atoms with E-state index < -0.39 is 18.1 Å². The van der Waals surface area contributed by atoms with E-state index in [-0.39, 0.29) is 25.2 Å². The van der Waals surface area contributed by atoms with Gasteiger partial charge in [0.15, 0.2) is 0 Å². The van der Waals surface area contributed by atoms with E-state index in [4.69, 9.17) is 4.84 Å². The molecule has 8 heteroatoms. The molecular formula is C32H56N4O4. The zero-order chi connectivity index (χ0) is 29.4. The summed E-state index contributed by atoms with van der Waals surface area (Å²) in [4.78, 5) is 24.5. The molecule has 1 aromatic rings. The van der Waals surface area contributed by atoms with Gasteiger partial charge in [0.2, 0.25) is 5.91 Å². The average molecular weight is 561 g/mol. The van der Waals surface area contributed by atoms with Gasteiger partial charge in [0.05, 0.1) is 19.8 Å². The van der Waals surface area contributed by atoms with Gasteiger partial charge in [-0.1, -0.05) is 58.9 Å². The van der Waals surface area contributed by atoms with Crippen molar-refractivity contribution in [2.24, 2.45) is 23.2 Å². The maximum absolute atomic E-state index is 13.7. The second kappa shape index (κ2) is 15.1. The molecule has 2 fully saturated rings. The fourth-order valence-corrected chi connectivity index (χ4v) is 6.33. The largest absolute Gasteiger partial charge is 0.396 e. The van der Waals surface area contributed by atoms with Crippen LogP contribution in [0.1, 0.15) is 71.4 Å². The first-order valence-corrected chi connectivity index (χ1v) is 15.3. The van der Waals surface area contributed by atoms with Crippen molar-refractivity contribution in [1.82, 2.24) is 20.2 Å². The van der Waals surface area contributed by atoms with Gasteiger partial charge >= 0.3 is 0 Å². The van der Waals surface area contributed by atoms with Gasteiger partial charge in [-0.05, 0) is 74.7 Å². The van der Waals surface area contributed by atoms with Crippen molar-refractivity contribution in [3.8, 4) is 0 Å². The zero-order valence-corrected chi connectivity index (χ0v) is 26.1. The minimum atomic E-state index is -0.657. The number of benzene rings is 1. The van der Waals surface area contributed by atoms with Gasteiger partial charge in [-0.15, -0.1) is 0 Å². The average Bonchev–Trinajstić information content (AvgIpc) is 3.24. The maximum atomic E-state index is 13.7. The summed E-state index contributed by atoms with van der Waals surface area (Å²) in [6.45, 7) is 15.2. The molecule has 1 aliphatic heterocycles.